The van der Waals surface area contributed by atoms with Gasteiger partial charge in [0, 0.05) is 26.1 Å². The molecule has 0 aromatic heterocycles. The van der Waals surface area contributed by atoms with Crippen LogP contribution in [-0.4, -0.2) is 79.3 Å². The Kier molecular flexibility index (Phi) is 27.9. The molecule has 0 saturated heterocycles. The van der Waals surface area contributed by atoms with Crippen molar-refractivity contribution in [2.24, 2.45) is 55.1 Å². The molecule has 0 unspecified atom stereocenters. The molecule has 0 fully saturated rings. The van der Waals surface area contributed by atoms with E-state index in [0.717, 1.165) is 19.3 Å². The van der Waals surface area contributed by atoms with Crippen molar-refractivity contribution in [2.75, 3.05) is 19.6 Å². The first-order chi connectivity index (χ1) is 24.4. The van der Waals surface area contributed by atoms with Crippen molar-refractivity contribution in [1.82, 2.24) is 16.0 Å². The summed E-state index contributed by atoms with van der Waals surface area (Å²) in [6, 6.07) is -3.06. The molecule has 0 aromatic carbocycles. The van der Waals surface area contributed by atoms with Crippen LogP contribution in [0.2, 0.25) is 0 Å². The summed E-state index contributed by atoms with van der Waals surface area (Å²) in [7, 11) is 0. The van der Waals surface area contributed by atoms with Crippen LogP contribution in [-0.2, 0) is 19.2 Å². The number of nitrogens with one attached hydrogen (secondary N) is 3. The van der Waals surface area contributed by atoms with E-state index >= 15 is 0 Å². The first-order valence-corrected chi connectivity index (χ1v) is 18.7. The Labute approximate surface area is 304 Å². The van der Waals surface area contributed by atoms with E-state index in [1.54, 1.807) is 0 Å². The summed E-state index contributed by atoms with van der Waals surface area (Å²) in [5.41, 5.74) is 37.9. The predicted octanol–water partition coefficient (Wildman–Crippen LogP) is 0.568. The van der Waals surface area contributed by atoms with E-state index in [1.807, 2.05) is 0 Å². The van der Waals surface area contributed by atoms with Crippen molar-refractivity contribution < 1.29 is 19.2 Å². The second-order valence-electron chi connectivity index (χ2n) is 13.0. The zero-order chi connectivity index (χ0) is 38.3. The van der Waals surface area contributed by atoms with Crippen LogP contribution in [0.4, 0.5) is 0 Å². The number of carbonyl (C=O) groups excluding carboxylic acids is 4. The van der Waals surface area contributed by atoms with E-state index in [0.29, 0.717) is 25.7 Å². The third kappa shape index (κ3) is 28.1. The molecule has 0 aliphatic rings. The minimum atomic E-state index is -1.08. The van der Waals surface area contributed by atoms with Gasteiger partial charge in [-0.2, -0.15) is 0 Å². The molecule has 0 radical (unpaired) electrons. The highest BCUT2D eigenvalue weighted by Crippen LogP contribution is 2.13. The highest BCUT2D eigenvalue weighted by Gasteiger charge is 2.28. The summed E-state index contributed by atoms with van der Waals surface area (Å²) in [6.45, 7) is 2.93. The summed E-state index contributed by atoms with van der Waals surface area (Å²) in [5.74, 6) is -2.49. The maximum atomic E-state index is 13.6. The summed E-state index contributed by atoms with van der Waals surface area (Å²) in [6.07, 6.45) is 17.4. The number of amides is 4. The maximum absolute atomic E-state index is 13.6. The number of nitrogens with two attached hydrogens (primary N) is 7. The Hall–Kier alpha value is -4.31. The molecule has 0 saturated carbocycles. The van der Waals surface area contributed by atoms with E-state index in [1.165, 1.54) is 57.8 Å². The lowest BCUT2D eigenvalue weighted by atomic mass is 10.0. The number of rotatable bonds is 32. The number of primary amides is 1. The van der Waals surface area contributed by atoms with E-state index in [2.05, 4.69) is 37.9 Å². The topological polar surface area (TPSA) is 324 Å². The normalized spacial score (nSPS) is 12.5. The molecule has 51 heavy (non-hydrogen) atoms. The molecule has 17 nitrogen and oxygen atoms in total. The summed E-state index contributed by atoms with van der Waals surface area (Å²) in [5, 5.41) is 8.17. The molecule has 0 aliphatic heterocycles. The number of guanidine groups is 3. The molecule has 17 heteroatoms. The second kappa shape index (κ2) is 30.5. The molecule has 0 rings (SSSR count). The quantitative estimate of drug-likeness (QED) is 0.0261. The molecule has 0 bridgehead atoms. The number of unbranched alkanes of at least 4 members (excludes halogenated alkanes) is 12. The number of carbonyl (C=O) groups is 4. The van der Waals surface area contributed by atoms with Gasteiger partial charge in [-0.3, -0.25) is 34.2 Å². The van der Waals surface area contributed by atoms with Gasteiger partial charge in [-0.1, -0.05) is 84.0 Å². The van der Waals surface area contributed by atoms with Gasteiger partial charge in [0.1, 0.15) is 18.1 Å². The van der Waals surface area contributed by atoms with Crippen LogP contribution in [0.25, 0.3) is 0 Å². The zero-order valence-corrected chi connectivity index (χ0v) is 31.0. The Bertz CT molecular complexity index is 1070. The van der Waals surface area contributed by atoms with Crippen molar-refractivity contribution in [1.29, 1.82) is 0 Å². The average molecular weight is 724 g/mol. The summed E-state index contributed by atoms with van der Waals surface area (Å²) >= 11 is 0. The second-order valence-corrected chi connectivity index (χ2v) is 13.0. The van der Waals surface area contributed by atoms with Crippen molar-refractivity contribution in [2.45, 2.75) is 153 Å². The number of nitrogens with zero attached hydrogens (tertiary/aromatic N) is 3. The van der Waals surface area contributed by atoms with Crippen LogP contribution in [0.5, 0.6) is 0 Å². The van der Waals surface area contributed by atoms with E-state index < -0.39 is 35.8 Å². The van der Waals surface area contributed by atoms with Crippen LogP contribution in [0, 0.1) is 0 Å². The lowest BCUT2D eigenvalue weighted by Gasteiger charge is -2.25. The van der Waals surface area contributed by atoms with Gasteiger partial charge in [-0.05, 0) is 44.9 Å². The van der Waals surface area contributed by atoms with E-state index in [4.69, 9.17) is 40.1 Å². The average Bonchev–Trinajstić information content (AvgIpc) is 3.06. The van der Waals surface area contributed by atoms with E-state index in [-0.39, 0.29) is 69.1 Å². The van der Waals surface area contributed by atoms with Gasteiger partial charge in [0.25, 0.3) is 0 Å². The molecule has 3 atom stereocenters. The molecule has 0 spiro atoms. The highest BCUT2D eigenvalue weighted by atomic mass is 16.2. The van der Waals surface area contributed by atoms with Crippen LogP contribution in [0.1, 0.15) is 135 Å². The monoisotopic (exact) mass is 724 g/mol. The summed E-state index contributed by atoms with van der Waals surface area (Å²) < 4.78 is 0. The first kappa shape index (κ1) is 46.7. The fourth-order valence-electron chi connectivity index (χ4n) is 5.45. The molecular formula is C34H69N13O4. The van der Waals surface area contributed by atoms with Crippen molar-refractivity contribution in [3.05, 3.63) is 0 Å². The third-order valence-corrected chi connectivity index (χ3v) is 8.29. The minimum Gasteiger partial charge on any atom is -0.370 e. The third-order valence-electron chi connectivity index (χ3n) is 8.29. The molecule has 0 aliphatic carbocycles. The predicted molar refractivity (Wildman–Crippen MR) is 205 cm³/mol. The van der Waals surface area contributed by atoms with Crippen molar-refractivity contribution in [3.8, 4) is 0 Å². The van der Waals surface area contributed by atoms with Gasteiger partial charge in [0.2, 0.25) is 23.6 Å². The molecule has 17 N–H and O–H groups in total. The Morgan fingerprint density at radius 1 is 0.451 bits per heavy atom. The molecular weight excluding hydrogens is 654 g/mol. The minimum absolute atomic E-state index is 0.0812. The van der Waals surface area contributed by atoms with Crippen LogP contribution < -0.4 is 56.1 Å². The summed E-state index contributed by atoms with van der Waals surface area (Å²) in [4.78, 5) is 63.7. The van der Waals surface area contributed by atoms with Gasteiger partial charge in [0.05, 0.1) is 0 Å². The standard InChI is InChI=1S/C34H69N13O4/c1-2-3-4-5-6-7-8-9-10-11-12-13-14-21-28(48)45-26(19-16-23-43-33(38)39)30(50)47-27(20-17-24-44-34(40)41)31(51)46-25(29(35)49)18-15-22-42-32(36)37/h25-27H,2-24H2,1H3,(H2,35,49)(H,45,48)(H,46,51)(H,47,50)(H4,36,37,42)(H4,38,39,43)(H4,40,41,44)/t25-,26-,27-/m0/s1. The lowest BCUT2D eigenvalue weighted by molar-refractivity contribution is -0.133. The van der Waals surface area contributed by atoms with Gasteiger partial charge in [-0.25, -0.2) is 0 Å². The van der Waals surface area contributed by atoms with E-state index in [9.17, 15) is 19.2 Å². The zero-order valence-electron chi connectivity index (χ0n) is 31.0. The van der Waals surface area contributed by atoms with Gasteiger partial charge in [-0.15, -0.1) is 0 Å². The number of hydrogen-bond acceptors (Lipinski definition) is 7. The van der Waals surface area contributed by atoms with Gasteiger partial charge in [0.15, 0.2) is 17.9 Å². The SMILES string of the molecule is CCCCCCCCCCCCCCCC(=O)N[C@@H](CCCN=C(N)N)C(=O)N[C@@H](CCCN=C(N)N)C(=O)N[C@@H](CCCN=C(N)N)C(N)=O. The Balaban J connectivity index is 5.25. The number of aliphatic imine (C=N–C) groups is 3. The fraction of sp³-hybridized carbons (Fsp3) is 0.794. The smallest absolute Gasteiger partial charge is 0.243 e. The first-order valence-electron chi connectivity index (χ1n) is 18.7. The highest BCUT2D eigenvalue weighted by molar-refractivity contribution is 5.94. The van der Waals surface area contributed by atoms with Crippen molar-refractivity contribution >= 4 is 41.5 Å². The number of hydrogen-bond donors (Lipinski definition) is 10. The van der Waals surface area contributed by atoms with Gasteiger partial charge >= 0.3 is 0 Å². The maximum Gasteiger partial charge on any atom is 0.243 e. The molecule has 0 aromatic rings. The van der Waals surface area contributed by atoms with Crippen LogP contribution in [0.15, 0.2) is 15.0 Å². The van der Waals surface area contributed by atoms with Crippen LogP contribution in [0.3, 0.4) is 0 Å². The fourth-order valence-corrected chi connectivity index (χ4v) is 5.45. The Morgan fingerprint density at radius 3 is 1.16 bits per heavy atom. The van der Waals surface area contributed by atoms with Crippen LogP contribution >= 0.6 is 0 Å². The van der Waals surface area contributed by atoms with Crippen molar-refractivity contribution in [3.63, 3.8) is 0 Å². The lowest BCUT2D eigenvalue weighted by Crippen LogP contribution is -2.56. The molecule has 4 amide bonds. The van der Waals surface area contributed by atoms with Gasteiger partial charge < -0.3 is 56.1 Å². The molecule has 294 valence electrons. The largest absolute Gasteiger partial charge is 0.370 e. The molecule has 0 heterocycles. The Morgan fingerprint density at radius 2 is 0.784 bits per heavy atom.